The molecule has 1 unspecified atom stereocenters. The van der Waals surface area contributed by atoms with Crippen molar-refractivity contribution in [3.63, 3.8) is 0 Å². The van der Waals surface area contributed by atoms with E-state index in [1.165, 1.54) is 42.6 Å². The van der Waals surface area contributed by atoms with Gasteiger partial charge in [-0.05, 0) is 68.8 Å². The van der Waals surface area contributed by atoms with Gasteiger partial charge in [-0.2, -0.15) is 0 Å². The number of hydrogen-bond donors (Lipinski definition) is 1. The van der Waals surface area contributed by atoms with Crippen molar-refractivity contribution in [3.05, 3.63) is 29.3 Å². The first-order valence-electron chi connectivity index (χ1n) is 9.49. The lowest BCUT2D eigenvalue weighted by Crippen LogP contribution is -2.35. The Balaban J connectivity index is 1.57. The Bertz CT molecular complexity index is 637. The van der Waals surface area contributed by atoms with E-state index < -0.39 is 10.8 Å². The lowest BCUT2D eigenvalue weighted by Gasteiger charge is -2.31. The summed E-state index contributed by atoms with van der Waals surface area (Å²) >= 11 is 0. The van der Waals surface area contributed by atoms with Crippen molar-refractivity contribution in [1.82, 2.24) is 4.90 Å². The van der Waals surface area contributed by atoms with Crippen LogP contribution in [0.4, 0.5) is 5.69 Å². The third-order valence-electron chi connectivity index (χ3n) is 6.58. The van der Waals surface area contributed by atoms with Crippen molar-refractivity contribution in [2.24, 2.45) is 0 Å². The van der Waals surface area contributed by atoms with E-state index in [9.17, 15) is 4.21 Å². The number of nitrogens with one attached hydrogen (secondary N) is 1. The lowest BCUT2D eigenvalue weighted by atomic mass is 9.77. The molecule has 24 heavy (non-hydrogen) atoms. The van der Waals surface area contributed by atoms with Crippen molar-refractivity contribution < 1.29 is 4.21 Å². The van der Waals surface area contributed by atoms with E-state index >= 15 is 0 Å². The monoisotopic (exact) mass is 346 g/mol. The summed E-state index contributed by atoms with van der Waals surface area (Å²) in [6.07, 6.45) is 6.11. The standard InChI is InChI=1S/C20H30N2OS/c1-20(13-17-4-3-9-22(17)2)14-21-19-6-5-16(12-18(19)20)15-7-10-24(23)11-8-15/h5-6,12,15,17,21H,3-4,7-11,13-14H2,1-2H3/t15?,17-,20?,24?/m1/s1. The van der Waals surface area contributed by atoms with Gasteiger partial charge in [0.1, 0.15) is 0 Å². The van der Waals surface area contributed by atoms with Crippen LogP contribution in [0.1, 0.15) is 56.1 Å². The van der Waals surface area contributed by atoms with Gasteiger partial charge in [0, 0.05) is 46.0 Å². The van der Waals surface area contributed by atoms with Crippen LogP contribution in [-0.2, 0) is 16.2 Å². The second-order valence-electron chi connectivity index (χ2n) is 8.32. The van der Waals surface area contributed by atoms with Crippen molar-refractivity contribution >= 4 is 16.5 Å². The Morgan fingerprint density at radius 1 is 1.29 bits per heavy atom. The Hall–Kier alpha value is -0.870. The molecule has 1 aromatic carbocycles. The highest BCUT2D eigenvalue weighted by Gasteiger charge is 2.39. The molecule has 3 aliphatic heterocycles. The van der Waals surface area contributed by atoms with Gasteiger partial charge in [-0.15, -0.1) is 0 Å². The topological polar surface area (TPSA) is 32.3 Å². The summed E-state index contributed by atoms with van der Waals surface area (Å²) in [4.78, 5) is 2.55. The second kappa shape index (κ2) is 6.45. The minimum atomic E-state index is -0.574. The third kappa shape index (κ3) is 3.03. The lowest BCUT2D eigenvalue weighted by molar-refractivity contribution is 0.254. The number of nitrogens with zero attached hydrogens (tertiary/aromatic N) is 1. The van der Waals surface area contributed by atoms with Crippen LogP contribution in [-0.4, -0.2) is 46.8 Å². The average Bonchev–Trinajstić information content (AvgIpc) is 3.12. The Labute approximate surface area is 148 Å². The van der Waals surface area contributed by atoms with Crippen LogP contribution in [0.5, 0.6) is 0 Å². The number of anilines is 1. The second-order valence-corrected chi connectivity index (χ2v) is 10.0. The highest BCUT2D eigenvalue weighted by Crippen LogP contribution is 2.43. The molecular formula is C20H30N2OS. The molecule has 0 aliphatic carbocycles. The summed E-state index contributed by atoms with van der Waals surface area (Å²) in [5.74, 6) is 2.36. The summed E-state index contributed by atoms with van der Waals surface area (Å²) < 4.78 is 11.7. The van der Waals surface area contributed by atoms with Gasteiger partial charge < -0.3 is 10.2 Å². The molecule has 2 atom stereocenters. The maximum Gasteiger partial charge on any atom is 0.0379 e. The predicted octanol–water partition coefficient (Wildman–Crippen LogP) is 3.48. The molecule has 3 nitrogen and oxygen atoms in total. The summed E-state index contributed by atoms with van der Waals surface area (Å²) in [7, 11) is 1.71. The highest BCUT2D eigenvalue weighted by molar-refractivity contribution is 7.85. The molecule has 2 saturated heterocycles. The predicted molar refractivity (Wildman–Crippen MR) is 102 cm³/mol. The highest BCUT2D eigenvalue weighted by atomic mass is 32.2. The minimum absolute atomic E-state index is 0.242. The largest absolute Gasteiger partial charge is 0.384 e. The number of hydrogen-bond acceptors (Lipinski definition) is 3. The van der Waals surface area contributed by atoms with Gasteiger partial charge in [0.15, 0.2) is 0 Å². The van der Waals surface area contributed by atoms with E-state index in [0.717, 1.165) is 36.9 Å². The molecule has 1 aromatic rings. The third-order valence-corrected chi connectivity index (χ3v) is 7.96. The van der Waals surface area contributed by atoms with Gasteiger partial charge in [0.2, 0.25) is 0 Å². The van der Waals surface area contributed by atoms with Gasteiger partial charge in [-0.3, -0.25) is 4.21 Å². The molecule has 4 rings (SSSR count). The van der Waals surface area contributed by atoms with E-state index in [2.05, 4.69) is 42.4 Å². The van der Waals surface area contributed by atoms with Crippen molar-refractivity contribution in [3.8, 4) is 0 Å². The summed E-state index contributed by atoms with van der Waals surface area (Å²) in [6.45, 7) is 4.75. The number of rotatable bonds is 3. The molecule has 4 heteroatoms. The molecule has 0 spiro atoms. The van der Waals surface area contributed by atoms with Crippen LogP contribution >= 0.6 is 0 Å². The number of likely N-dealkylation sites (tertiary alicyclic amines) is 1. The van der Waals surface area contributed by atoms with Crippen molar-refractivity contribution in [1.29, 1.82) is 0 Å². The molecule has 0 aromatic heterocycles. The average molecular weight is 347 g/mol. The van der Waals surface area contributed by atoms with Crippen LogP contribution < -0.4 is 5.32 Å². The van der Waals surface area contributed by atoms with E-state index in [0.29, 0.717) is 5.92 Å². The fourth-order valence-corrected chi connectivity index (χ4v) is 6.22. The first-order chi connectivity index (χ1) is 11.5. The zero-order chi connectivity index (χ0) is 16.7. The van der Waals surface area contributed by atoms with E-state index in [4.69, 9.17) is 0 Å². The van der Waals surface area contributed by atoms with Gasteiger partial charge in [-0.1, -0.05) is 19.1 Å². The molecular weight excluding hydrogens is 316 g/mol. The van der Waals surface area contributed by atoms with Crippen molar-refractivity contribution in [2.75, 3.05) is 37.0 Å². The van der Waals surface area contributed by atoms with E-state index in [-0.39, 0.29) is 5.41 Å². The van der Waals surface area contributed by atoms with E-state index in [1.54, 1.807) is 0 Å². The molecule has 2 fully saturated rings. The number of benzene rings is 1. The van der Waals surface area contributed by atoms with Crippen molar-refractivity contribution in [2.45, 2.75) is 56.4 Å². The van der Waals surface area contributed by atoms with Gasteiger partial charge in [0.05, 0.1) is 0 Å². The molecule has 0 saturated carbocycles. The quantitative estimate of drug-likeness (QED) is 0.909. The van der Waals surface area contributed by atoms with Crippen LogP contribution in [0.3, 0.4) is 0 Å². The minimum Gasteiger partial charge on any atom is -0.384 e. The van der Waals surface area contributed by atoms with Crippen LogP contribution in [0.15, 0.2) is 18.2 Å². The first kappa shape index (κ1) is 16.6. The molecule has 1 N–H and O–H groups in total. The SMILES string of the molecule is CN1CCC[C@@H]1CC1(C)CNc2ccc(C3CCS(=O)CC3)cc21. The summed E-state index contributed by atoms with van der Waals surface area (Å²) in [6, 6.07) is 7.80. The Kier molecular flexibility index (Phi) is 4.46. The van der Waals surface area contributed by atoms with Crippen LogP contribution in [0, 0.1) is 0 Å². The number of fused-ring (bicyclic) bond motifs is 1. The van der Waals surface area contributed by atoms with Gasteiger partial charge in [-0.25, -0.2) is 0 Å². The molecule has 3 heterocycles. The molecule has 0 radical (unpaired) electrons. The first-order valence-corrected chi connectivity index (χ1v) is 11.0. The molecule has 3 aliphatic rings. The zero-order valence-electron chi connectivity index (χ0n) is 15.0. The fourth-order valence-electron chi connectivity index (χ4n) is 4.92. The summed E-state index contributed by atoms with van der Waals surface area (Å²) in [5, 5.41) is 3.65. The van der Waals surface area contributed by atoms with Crippen LogP contribution in [0.2, 0.25) is 0 Å². The smallest absolute Gasteiger partial charge is 0.0379 e. The Morgan fingerprint density at radius 3 is 2.79 bits per heavy atom. The van der Waals surface area contributed by atoms with Gasteiger partial charge >= 0.3 is 0 Å². The summed E-state index contributed by atoms with van der Waals surface area (Å²) in [5.41, 5.74) is 4.57. The zero-order valence-corrected chi connectivity index (χ0v) is 15.8. The molecule has 0 amide bonds. The van der Waals surface area contributed by atoms with E-state index in [1.807, 2.05) is 0 Å². The maximum atomic E-state index is 11.7. The normalized spacial score (nSPS) is 36.5. The molecule has 0 bridgehead atoms. The maximum absolute atomic E-state index is 11.7. The van der Waals surface area contributed by atoms with Gasteiger partial charge in [0.25, 0.3) is 0 Å². The fraction of sp³-hybridized carbons (Fsp3) is 0.700. The Morgan fingerprint density at radius 2 is 2.08 bits per heavy atom. The van der Waals surface area contributed by atoms with Crippen LogP contribution in [0.25, 0.3) is 0 Å². The molecule has 132 valence electrons.